The normalized spacial score (nSPS) is 14.0. The summed E-state index contributed by atoms with van der Waals surface area (Å²) in [6.07, 6.45) is 5.06. The Balaban J connectivity index is 1.56. The van der Waals surface area contributed by atoms with Gasteiger partial charge in [-0.2, -0.15) is 15.3 Å². The molecule has 0 aliphatic carbocycles. The topological polar surface area (TPSA) is 120 Å². The summed E-state index contributed by atoms with van der Waals surface area (Å²) in [5.41, 5.74) is 4.81. The molecule has 0 radical (unpaired) electrons. The third-order valence-electron chi connectivity index (χ3n) is 15.7. The molecule has 2 unspecified atom stereocenters. The van der Waals surface area contributed by atoms with Crippen molar-refractivity contribution in [2.45, 2.75) is 82.1 Å². The lowest BCUT2D eigenvalue weighted by Gasteiger charge is -2.31. The van der Waals surface area contributed by atoms with Gasteiger partial charge in [0.05, 0.1) is 117 Å². The Kier molecular flexibility index (Phi) is 34.1. The maximum absolute atomic E-state index is 6.72. The van der Waals surface area contributed by atoms with Gasteiger partial charge >= 0.3 is 6.64 Å². The number of benzene rings is 4. The lowest BCUT2D eigenvalue weighted by atomic mass is 10.2. The number of nitrogens with zero attached hydrogens (tertiary/aromatic N) is 7. The van der Waals surface area contributed by atoms with Crippen LogP contribution in [0.5, 0.6) is 17.2 Å². The molecule has 16 nitrogen and oxygen atoms in total. The predicted molar refractivity (Wildman–Crippen MR) is 375 cm³/mol. The fourth-order valence-electron chi connectivity index (χ4n) is 9.57. The van der Waals surface area contributed by atoms with E-state index in [1.165, 1.54) is 0 Å². The van der Waals surface area contributed by atoms with E-state index in [9.17, 15) is 0 Å². The Morgan fingerprint density at radius 1 is 0.494 bits per heavy atom. The first-order valence-corrected chi connectivity index (χ1v) is 39.5. The summed E-state index contributed by atoms with van der Waals surface area (Å²) in [6, 6.07) is 31.7. The average Bonchev–Trinajstić information content (AvgIpc) is 3.60. The lowest BCUT2D eigenvalue weighted by molar-refractivity contribution is -0.896. The van der Waals surface area contributed by atoms with Gasteiger partial charge in [-0.15, -0.1) is 5.92 Å². The van der Waals surface area contributed by atoms with Crippen molar-refractivity contribution in [1.82, 2.24) is 24.5 Å². The van der Waals surface area contributed by atoms with E-state index in [2.05, 4.69) is 113 Å². The zero-order valence-corrected chi connectivity index (χ0v) is 58.9. The monoisotopic (exact) mass is 1280 g/mol. The number of rotatable bonds is 43. The number of quaternary nitrogens is 4. The molecule has 0 saturated heterocycles. The highest BCUT2D eigenvalue weighted by Gasteiger charge is 2.30. The number of hydrazone groups is 3. The van der Waals surface area contributed by atoms with Gasteiger partial charge in [0, 0.05) is 75.9 Å². The molecule has 6 N–H and O–H groups in total. The van der Waals surface area contributed by atoms with Gasteiger partial charge in [-0.05, 0) is 183 Å². The molecule has 2 atom stereocenters. The predicted octanol–water partition coefficient (Wildman–Crippen LogP) is 6.42. The van der Waals surface area contributed by atoms with Crippen molar-refractivity contribution in [2.24, 2.45) is 15.3 Å². The van der Waals surface area contributed by atoms with Gasteiger partial charge in [0.1, 0.15) is 36.5 Å². The van der Waals surface area contributed by atoms with Crippen LogP contribution in [0.15, 0.2) is 112 Å². The van der Waals surface area contributed by atoms with E-state index in [0.717, 1.165) is 164 Å². The van der Waals surface area contributed by atoms with Gasteiger partial charge in [-0.25, -0.2) is 4.78 Å². The van der Waals surface area contributed by atoms with Crippen LogP contribution in [-0.2, 0) is 35.4 Å². The van der Waals surface area contributed by atoms with Crippen LogP contribution in [-0.4, -0.2) is 178 Å². The number of ether oxygens (including phenoxy) is 1. The van der Waals surface area contributed by atoms with Gasteiger partial charge in [0.15, 0.2) is 0 Å². The summed E-state index contributed by atoms with van der Waals surface area (Å²) in [5, 5.41) is 22.4. The van der Waals surface area contributed by atoms with Crippen molar-refractivity contribution in [3.63, 3.8) is 0 Å². The summed E-state index contributed by atoms with van der Waals surface area (Å²) in [6.45, 7) is 35.5. The van der Waals surface area contributed by atoms with Crippen LogP contribution in [0, 0.1) is 11.8 Å². The molecule has 4 aromatic rings. The molecule has 22 heteroatoms. The maximum Gasteiger partial charge on any atom is 0.410 e. The molecule has 85 heavy (non-hydrogen) atoms. The number of anilines is 1. The molecule has 4 rings (SSSR count). The molecule has 0 aliphatic rings. The Labute approximate surface area is 529 Å². The summed E-state index contributed by atoms with van der Waals surface area (Å²) < 4.78 is 25.3. The molecule has 0 saturated carbocycles. The number of nitrogens with one attached hydrogen (secondary N) is 6. The van der Waals surface area contributed by atoms with Crippen LogP contribution in [0.25, 0.3) is 0 Å². The second-order valence-electron chi connectivity index (χ2n) is 21.1. The van der Waals surface area contributed by atoms with Crippen LogP contribution >= 0.6 is 19.3 Å². The Bertz CT molecular complexity index is 2640. The maximum atomic E-state index is 6.72. The Morgan fingerprint density at radius 3 is 1.22 bits per heavy atom. The first-order valence-electron chi connectivity index (χ1n) is 31.0. The Morgan fingerprint density at radius 2 is 0.859 bits per heavy atom. The summed E-state index contributed by atoms with van der Waals surface area (Å²) in [4.78, 5) is 8.58. The van der Waals surface area contributed by atoms with E-state index >= 15 is 0 Å². The molecule has 0 aliphatic heterocycles. The van der Waals surface area contributed by atoms with Crippen molar-refractivity contribution >= 4 is 79.1 Å². The second-order valence-corrected chi connectivity index (χ2v) is 33.5. The molecular formula is C63H106N13O3P3S3+4. The smallest absolute Gasteiger partial charge is 0.410 e. The number of hydrogen-bond donors (Lipinski definition) is 6. The largest absolute Gasteiger partial charge is 0.492 e. The van der Waals surface area contributed by atoms with Crippen LogP contribution in [0.3, 0.4) is 0 Å². The van der Waals surface area contributed by atoms with Crippen LogP contribution in [0.1, 0.15) is 104 Å². The van der Waals surface area contributed by atoms with E-state index in [1.807, 2.05) is 116 Å². The standard InChI is InChI=1S/C63H102N13O3P3S3/c1-14-26-56-27-35-60(36-28-56)76(23-10)49-50-77-61-37-29-57(30-38-61)55-66-71(13)82(85,78-62-39-31-58(32-40-62)53-64-69(11)80(83,51-24-45-72(15-2)16-3)67-43-47-74(19-6)20-7)79-63-41-33-59(34-42-63)54-65-70(12)81(84,52-25-46-73(17-4)18-5)68-44-48-75(21-8)22-9/h27-42,53-55H,15-25,43-52H2,1-13H3,(H,67,83)(H,68,84)/p+4/b64-53+,65-54+,66-55+. The molecule has 0 fully saturated rings. The van der Waals surface area contributed by atoms with Crippen LogP contribution in [0.4, 0.5) is 5.69 Å². The minimum atomic E-state index is -3.38. The summed E-state index contributed by atoms with van der Waals surface area (Å²) in [7, 11) is 5.83. The van der Waals surface area contributed by atoms with Gasteiger partial charge in [-0.1, -0.05) is 29.5 Å². The molecule has 0 spiro atoms. The molecular weight excluding hydrogens is 1180 g/mol. The van der Waals surface area contributed by atoms with E-state index in [-0.39, 0.29) is 0 Å². The van der Waals surface area contributed by atoms with Gasteiger partial charge in [0.2, 0.25) is 0 Å². The summed E-state index contributed by atoms with van der Waals surface area (Å²) in [5.74, 6) is 7.93. The van der Waals surface area contributed by atoms with E-state index in [0.29, 0.717) is 18.1 Å². The number of hydrogen-bond acceptors (Lipinski definition) is 10. The molecule has 0 amide bonds. The minimum Gasteiger partial charge on any atom is -0.492 e. The molecule has 4 aromatic carbocycles. The summed E-state index contributed by atoms with van der Waals surface area (Å²) >= 11 is 19.3. The first-order chi connectivity index (χ1) is 41.0. The number of likely N-dealkylation sites (N-methyl/N-ethyl adjacent to an activating group) is 3. The second kappa shape index (κ2) is 39.6. The van der Waals surface area contributed by atoms with E-state index in [1.54, 1.807) is 37.6 Å². The van der Waals surface area contributed by atoms with Crippen molar-refractivity contribution in [3.8, 4) is 29.1 Å². The fraction of sp³-hybridized carbons (Fsp3) is 0.540. The van der Waals surface area contributed by atoms with E-state index in [4.69, 9.17) is 64.5 Å². The van der Waals surface area contributed by atoms with Crippen molar-refractivity contribution < 1.29 is 33.4 Å². The van der Waals surface area contributed by atoms with Crippen molar-refractivity contribution in [1.29, 1.82) is 0 Å². The average molecular weight is 1280 g/mol. The lowest BCUT2D eigenvalue weighted by Crippen LogP contribution is -3.12. The van der Waals surface area contributed by atoms with E-state index < -0.39 is 19.3 Å². The first kappa shape index (κ1) is 73.2. The fourth-order valence-corrected chi connectivity index (χ4v) is 16.9. The third-order valence-corrected chi connectivity index (χ3v) is 27.2. The molecule has 0 heterocycles. The highest BCUT2D eigenvalue weighted by atomic mass is 32.5. The molecule has 0 bridgehead atoms. The van der Waals surface area contributed by atoms with Crippen LogP contribution < -0.4 is 48.5 Å². The SMILES string of the molecule is CC#Cc1ccc(N(CC)CCOc2ccc(/C=N/N(C)P(=S)(Oc3ccc(/C=N/N(C)P(=S)(CCC[NH+](CC)CC)NCC[NH+](CC)CC)cc3)Oc3ccc(/C=N/N(C)P(=S)(CCC[NH+](CC)CC)NCC[NH+](CC)CC)cc3)cc2)cc1. The van der Waals surface area contributed by atoms with Crippen molar-refractivity contribution in [3.05, 3.63) is 119 Å². The zero-order valence-electron chi connectivity index (χ0n) is 53.7. The van der Waals surface area contributed by atoms with Crippen LogP contribution in [0.2, 0.25) is 0 Å². The quantitative estimate of drug-likeness (QED) is 0.0127. The highest BCUT2D eigenvalue weighted by Crippen LogP contribution is 2.52. The highest BCUT2D eigenvalue weighted by molar-refractivity contribution is 8.12. The van der Waals surface area contributed by atoms with Gasteiger partial charge in [0.25, 0.3) is 0 Å². The Hall–Kier alpha value is -4.24. The van der Waals surface area contributed by atoms with Crippen molar-refractivity contribution in [2.75, 3.05) is 150 Å². The zero-order chi connectivity index (χ0) is 62.1. The third kappa shape index (κ3) is 25.4. The van der Waals surface area contributed by atoms with Gasteiger partial charge < -0.3 is 38.3 Å². The molecule has 470 valence electrons. The van der Waals surface area contributed by atoms with Gasteiger partial charge in [-0.3, -0.25) is 19.7 Å². The molecule has 0 aromatic heterocycles. The minimum absolute atomic E-state index is 0.530.